The number of piperidine rings is 1. The zero-order valence-corrected chi connectivity index (χ0v) is 15.2. The predicted octanol–water partition coefficient (Wildman–Crippen LogP) is 2.72. The summed E-state index contributed by atoms with van der Waals surface area (Å²) in [7, 11) is 1.98. The molecule has 0 spiro atoms. The van der Waals surface area contributed by atoms with E-state index in [9.17, 15) is 8.78 Å². The third kappa shape index (κ3) is 3.75. The van der Waals surface area contributed by atoms with Crippen LogP contribution in [0.1, 0.15) is 36.0 Å². The Morgan fingerprint density at radius 2 is 2.07 bits per heavy atom. The van der Waals surface area contributed by atoms with E-state index in [-0.39, 0.29) is 5.92 Å². The molecule has 1 aliphatic heterocycles. The molecule has 27 heavy (non-hydrogen) atoms. The molecule has 0 amide bonds. The average molecular weight is 372 g/mol. The van der Waals surface area contributed by atoms with Crippen LogP contribution < -0.4 is 0 Å². The molecule has 6 nitrogen and oxygen atoms in total. The molecule has 1 aliphatic rings. The highest BCUT2D eigenvalue weighted by atomic mass is 19.2. The van der Waals surface area contributed by atoms with Crippen LogP contribution in [0.4, 0.5) is 8.78 Å². The molecule has 0 bridgehead atoms. The molecule has 4 rings (SSSR count). The zero-order chi connectivity index (χ0) is 18.8. The van der Waals surface area contributed by atoms with Gasteiger partial charge in [-0.05, 0) is 25.5 Å². The van der Waals surface area contributed by atoms with Crippen molar-refractivity contribution in [2.75, 3.05) is 13.1 Å². The van der Waals surface area contributed by atoms with Gasteiger partial charge in [-0.3, -0.25) is 4.90 Å². The number of nitrogens with zero attached hydrogens (tertiary/aromatic N) is 6. The second-order valence-corrected chi connectivity index (χ2v) is 7.06. The van der Waals surface area contributed by atoms with E-state index in [0.717, 1.165) is 43.6 Å². The third-order valence-corrected chi connectivity index (χ3v) is 5.18. The van der Waals surface area contributed by atoms with Gasteiger partial charge in [0, 0.05) is 44.0 Å². The van der Waals surface area contributed by atoms with Gasteiger partial charge in [0.1, 0.15) is 5.82 Å². The van der Waals surface area contributed by atoms with Crippen LogP contribution in [-0.2, 0) is 20.1 Å². The van der Waals surface area contributed by atoms with Crippen molar-refractivity contribution < 1.29 is 8.78 Å². The van der Waals surface area contributed by atoms with Crippen molar-refractivity contribution >= 4 is 0 Å². The van der Waals surface area contributed by atoms with Crippen LogP contribution in [0.3, 0.4) is 0 Å². The van der Waals surface area contributed by atoms with Gasteiger partial charge < -0.3 is 9.13 Å². The van der Waals surface area contributed by atoms with Crippen LogP contribution in [0.15, 0.2) is 36.9 Å². The summed E-state index contributed by atoms with van der Waals surface area (Å²) in [4.78, 5) is 6.21. The minimum absolute atomic E-state index is 0.226. The van der Waals surface area contributed by atoms with Crippen LogP contribution >= 0.6 is 0 Å². The van der Waals surface area contributed by atoms with Gasteiger partial charge in [-0.2, -0.15) is 0 Å². The largest absolute Gasteiger partial charge is 0.330 e. The minimum atomic E-state index is -0.793. The van der Waals surface area contributed by atoms with Gasteiger partial charge >= 0.3 is 0 Å². The molecule has 1 saturated heterocycles. The Morgan fingerprint density at radius 1 is 1.19 bits per heavy atom. The lowest BCUT2D eigenvalue weighted by atomic mass is 9.96. The van der Waals surface area contributed by atoms with Crippen LogP contribution in [0, 0.1) is 11.6 Å². The summed E-state index contributed by atoms with van der Waals surface area (Å²) in [5.41, 5.74) is 0.398. The summed E-state index contributed by atoms with van der Waals surface area (Å²) in [6.45, 7) is 2.65. The second kappa shape index (κ2) is 7.56. The average Bonchev–Trinajstić information content (AvgIpc) is 3.30. The number of aromatic nitrogens is 5. The first kappa shape index (κ1) is 17.8. The smallest absolute Gasteiger partial charge is 0.163 e. The monoisotopic (exact) mass is 372 g/mol. The zero-order valence-electron chi connectivity index (χ0n) is 15.2. The Bertz CT molecular complexity index is 905. The number of benzene rings is 1. The maximum atomic E-state index is 14.0. The Hall–Kier alpha value is -2.61. The van der Waals surface area contributed by atoms with Gasteiger partial charge in [0.15, 0.2) is 17.5 Å². The van der Waals surface area contributed by atoms with Crippen molar-refractivity contribution in [2.45, 2.75) is 31.8 Å². The van der Waals surface area contributed by atoms with Crippen molar-refractivity contribution in [1.29, 1.82) is 0 Å². The number of imidazole rings is 1. The Labute approximate surface area is 156 Å². The van der Waals surface area contributed by atoms with E-state index in [1.807, 2.05) is 22.4 Å². The lowest BCUT2D eigenvalue weighted by molar-refractivity contribution is 0.192. The fourth-order valence-electron chi connectivity index (χ4n) is 3.73. The molecule has 0 saturated carbocycles. The minimum Gasteiger partial charge on any atom is -0.330 e. The summed E-state index contributed by atoms with van der Waals surface area (Å²) in [5.74, 6) is 0.495. The van der Waals surface area contributed by atoms with E-state index in [1.165, 1.54) is 0 Å². The van der Waals surface area contributed by atoms with Crippen molar-refractivity contribution in [1.82, 2.24) is 29.2 Å². The van der Waals surface area contributed by atoms with Crippen LogP contribution in [0.5, 0.6) is 0 Å². The fraction of sp³-hybridized carbons (Fsp3) is 0.421. The number of likely N-dealkylation sites (tertiary alicyclic amines) is 1. The SMILES string of the molecule is Cn1c(Cn2ccnc2)nnc1[C@@H]1CCCN(Cc2cccc(F)c2F)C1. The number of hydrogen-bond acceptors (Lipinski definition) is 4. The van der Waals surface area contributed by atoms with Crippen molar-refractivity contribution in [3.8, 4) is 0 Å². The molecule has 0 N–H and O–H groups in total. The molecule has 1 fully saturated rings. The standard InChI is InChI=1S/C19H22F2N6/c1-25-17(12-27-9-7-22-13-27)23-24-19(25)15-5-3-8-26(11-15)10-14-4-2-6-16(20)18(14)21/h2,4,6-7,9,13,15H,3,5,8,10-12H2,1H3/t15-/m1/s1. The van der Waals surface area contributed by atoms with E-state index in [4.69, 9.17) is 0 Å². The van der Waals surface area contributed by atoms with Crippen molar-refractivity contribution in [2.24, 2.45) is 7.05 Å². The van der Waals surface area contributed by atoms with Gasteiger partial charge in [0.25, 0.3) is 0 Å². The first-order valence-corrected chi connectivity index (χ1v) is 9.11. The third-order valence-electron chi connectivity index (χ3n) is 5.18. The topological polar surface area (TPSA) is 51.8 Å². The summed E-state index contributed by atoms with van der Waals surface area (Å²) in [6, 6.07) is 4.35. The molecule has 3 aromatic rings. The van der Waals surface area contributed by atoms with E-state index in [0.29, 0.717) is 18.7 Å². The lowest BCUT2D eigenvalue weighted by Gasteiger charge is -2.32. The molecule has 3 heterocycles. The summed E-state index contributed by atoms with van der Waals surface area (Å²) in [6.07, 6.45) is 7.39. The quantitative estimate of drug-likeness (QED) is 0.691. The second-order valence-electron chi connectivity index (χ2n) is 7.06. The molecule has 8 heteroatoms. The Morgan fingerprint density at radius 3 is 2.89 bits per heavy atom. The first-order chi connectivity index (χ1) is 13.1. The van der Waals surface area contributed by atoms with E-state index >= 15 is 0 Å². The lowest BCUT2D eigenvalue weighted by Crippen LogP contribution is -2.35. The molecule has 0 radical (unpaired) electrons. The van der Waals surface area contributed by atoms with Gasteiger partial charge in [-0.25, -0.2) is 13.8 Å². The molecule has 1 atom stereocenters. The molecular formula is C19H22F2N6. The van der Waals surface area contributed by atoms with E-state index < -0.39 is 11.6 Å². The maximum absolute atomic E-state index is 14.0. The Kier molecular flexibility index (Phi) is 4.98. The number of hydrogen-bond donors (Lipinski definition) is 0. The summed E-state index contributed by atoms with van der Waals surface area (Å²) in [5, 5.41) is 8.75. The molecule has 1 aromatic carbocycles. The molecule has 0 aliphatic carbocycles. The normalized spacial score (nSPS) is 18.1. The molecule has 142 valence electrons. The van der Waals surface area contributed by atoms with Crippen LogP contribution in [0.2, 0.25) is 0 Å². The number of halogens is 2. The van der Waals surface area contributed by atoms with E-state index in [1.54, 1.807) is 24.7 Å². The first-order valence-electron chi connectivity index (χ1n) is 9.11. The highest BCUT2D eigenvalue weighted by molar-refractivity contribution is 5.19. The highest BCUT2D eigenvalue weighted by Gasteiger charge is 2.26. The van der Waals surface area contributed by atoms with Crippen LogP contribution in [-0.4, -0.2) is 42.3 Å². The van der Waals surface area contributed by atoms with Gasteiger partial charge in [0.05, 0.1) is 12.9 Å². The van der Waals surface area contributed by atoms with Crippen molar-refractivity contribution in [3.63, 3.8) is 0 Å². The van der Waals surface area contributed by atoms with Gasteiger partial charge in [-0.1, -0.05) is 12.1 Å². The molecule has 0 unspecified atom stereocenters. The summed E-state index contributed by atoms with van der Waals surface area (Å²) < 4.78 is 31.4. The van der Waals surface area contributed by atoms with Crippen LogP contribution in [0.25, 0.3) is 0 Å². The number of rotatable bonds is 5. The fourth-order valence-corrected chi connectivity index (χ4v) is 3.73. The Balaban J connectivity index is 1.47. The maximum Gasteiger partial charge on any atom is 0.163 e. The summed E-state index contributed by atoms with van der Waals surface area (Å²) >= 11 is 0. The van der Waals surface area contributed by atoms with E-state index in [2.05, 4.69) is 20.1 Å². The molecular weight excluding hydrogens is 350 g/mol. The molecule has 2 aromatic heterocycles. The van der Waals surface area contributed by atoms with Gasteiger partial charge in [0.2, 0.25) is 0 Å². The van der Waals surface area contributed by atoms with Crippen molar-refractivity contribution in [3.05, 3.63) is 65.8 Å². The predicted molar refractivity (Wildman–Crippen MR) is 95.9 cm³/mol. The highest BCUT2D eigenvalue weighted by Crippen LogP contribution is 2.27. The van der Waals surface area contributed by atoms with Gasteiger partial charge in [-0.15, -0.1) is 10.2 Å².